The Bertz CT molecular complexity index is 779. The van der Waals surface area contributed by atoms with Crippen molar-refractivity contribution in [1.29, 1.82) is 0 Å². The first-order valence-corrected chi connectivity index (χ1v) is 7.51. The molecule has 5 heteroatoms. The van der Waals surface area contributed by atoms with Gasteiger partial charge in [0.2, 0.25) is 0 Å². The Hall–Kier alpha value is -2.95. The zero-order valence-electron chi connectivity index (χ0n) is 12.9. The summed E-state index contributed by atoms with van der Waals surface area (Å²) in [6, 6.07) is 11.5. The highest BCUT2D eigenvalue weighted by molar-refractivity contribution is 5.94. The Labute approximate surface area is 134 Å². The molecule has 0 spiro atoms. The third-order valence-electron chi connectivity index (χ3n) is 3.59. The second-order valence-electron chi connectivity index (χ2n) is 5.38. The molecule has 2 N–H and O–H groups in total. The van der Waals surface area contributed by atoms with Crippen LogP contribution in [-0.2, 0) is 6.42 Å². The Balaban J connectivity index is 1.61. The van der Waals surface area contributed by atoms with Crippen LogP contribution in [0.4, 0.5) is 0 Å². The minimum atomic E-state index is -0.0757. The van der Waals surface area contributed by atoms with Crippen LogP contribution in [0.25, 0.3) is 11.3 Å². The van der Waals surface area contributed by atoms with Gasteiger partial charge in [-0.15, -0.1) is 0 Å². The molecule has 2 heterocycles. The van der Waals surface area contributed by atoms with Crippen LogP contribution in [0.5, 0.6) is 0 Å². The molecule has 0 aliphatic heterocycles. The molecule has 0 unspecified atom stereocenters. The number of amides is 1. The lowest BCUT2D eigenvalue weighted by Gasteiger charge is -2.06. The van der Waals surface area contributed by atoms with Gasteiger partial charge in [-0.3, -0.25) is 9.78 Å². The second kappa shape index (κ2) is 6.87. The summed E-state index contributed by atoms with van der Waals surface area (Å²) in [7, 11) is 0. The Morgan fingerprint density at radius 2 is 2.04 bits per heavy atom. The molecule has 1 aromatic carbocycles. The second-order valence-corrected chi connectivity index (χ2v) is 5.38. The van der Waals surface area contributed by atoms with Gasteiger partial charge < -0.3 is 10.3 Å². The first-order chi connectivity index (χ1) is 11.2. The fourth-order valence-corrected chi connectivity index (χ4v) is 2.32. The van der Waals surface area contributed by atoms with E-state index in [1.54, 1.807) is 18.7 Å². The molecule has 5 nitrogen and oxygen atoms in total. The fourth-order valence-electron chi connectivity index (χ4n) is 2.32. The fraction of sp³-hybridized carbons (Fsp3) is 0.167. The van der Waals surface area contributed by atoms with Crippen molar-refractivity contribution < 1.29 is 4.79 Å². The number of hydrogen-bond donors (Lipinski definition) is 2. The summed E-state index contributed by atoms with van der Waals surface area (Å²) >= 11 is 0. The van der Waals surface area contributed by atoms with Crippen molar-refractivity contribution in [1.82, 2.24) is 20.3 Å². The lowest BCUT2D eigenvalue weighted by Crippen LogP contribution is -2.25. The van der Waals surface area contributed by atoms with E-state index in [4.69, 9.17) is 0 Å². The number of H-pyrrole nitrogens is 1. The van der Waals surface area contributed by atoms with Crippen LogP contribution >= 0.6 is 0 Å². The first-order valence-electron chi connectivity index (χ1n) is 7.51. The Morgan fingerprint density at radius 1 is 1.22 bits per heavy atom. The van der Waals surface area contributed by atoms with Gasteiger partial charge in [0.1, 0.15) is 0 Å². The molecule has 23 heavy (non-hydrogen) atoms. The van der Waals surface area contributed by atoms with Crippen molar-refractivity contribution in [3.63, 3.8) is 0 Å². The average molecular weight is 306 g/mol. The van der Waals surface area contributed by atoms with E-state index in [2.05, 4.69) is 20.3 Å². The molecule has 1 amide bonds. The van der Waals surface area contributed by atoms with Gasteiger partial charge >= 0.3 is 0 Å². The van der Waals surface area contributed by atoms with E-state index in [0.29, 0.717) is 12.1 Å². The first kappa shape index (κ1) is 15.0. The summed E-state index contributed by atoms with van der Waals surface area (Å²) < 4.78 is 0. The number of benzene rings is 1. The minimum absolute atomic E-state index is 0.0757. The molecule has 0 atom stereocenters. The van der Waals surface area contributed by atoms with Crippen LogP contribution in [0.3, 0.4) is 0 Å². The van der Waals surface area contributed by atoms with E-state index in [1.165, 1.54) is 0 Å². The van der Waals surface area contributed by atoms with Crippen molar-refractivity contribution >= 4 is 5.91 Å². The Kier molecular flexibility index (Phi) is 4.47. The largest absolute Gasteiger partial charge is 0.352 e. The molecule has 0 radical (unpaired) electrons. The predicted octanol–water partition coefficient (Wildman–Crippen LogP) is 2.75. The highest BCUT2D eigenvalue weighted by Crippen LogP contribution is 2.18. The third-order valence-corrected chi connectivity index (χ3v) is 3.59. The number of aromatic amines is 1. The maximum absolute atomic E-state index is 12.1. The normalized spacial score (nSPS) is 10.5. The van der Waals surface area contributed by atoms with Crippen molar-refractivity contribution in [3.05, 3.63) is 71.9 Å². The molecule has 0 aliphatic carbocycles. The molecule has 3 rings (SSSR count). The number of carbonyl (C=O) groups excluding carboxylic acids is 1. The van der Waals surface area contributed by atoms with Crippen LogP contribution in [-0.4, -0.2) is 27.4 Å². The zero-order chi connectivity index (χ0) is 16.1. The van der Waals surface area contributed by atoms with E-state index < -0.39 is 0 Å². The number of rotatable bonds is 5. The van der Waals surface area contributed by atoms with Gasteiger partial charge in [-0.05, 0) is 36.8 Å². The van der Waals surface area contributed by atoms with Gasteiger partial charge in [0, 0.05) is 42.2 Å². The molecule has 2 aromatic heterocycles. The molecule has 0 aliphatic rings. The number of carbonyl (C=O) groups is 1. The van der Waals surface area contributed by atoms with Crippen LogP contribution in [0.1, 0.15) is 21.6 Å². The summed E-state index contributed by atoms with van der Waals surface area (Å²) in [6.07, 6.45) is 5.92. The summed E-state index contributed by atoms with van der Waals surface area (Å²) in [5, 5.41) is 2.90. The van der Waals surface area contributed by atoms with E-state index in [9.17, 15) is 4.79 Å². The summed E-state index contributed by atoms with van der Waals surface area (Å²) in [5.41, 5.74) is 4.73. The van der Waals surface area contributed by atoms with Gasteiger partial charge in [0.05, 0.1) is 12.0 Å². The number of aryl methyl sites for hydroxylation is 1. The number of hydrogen-bond acceptors (Lipinski definition) is 3. The quantitative estimate of drug-likeness (QED) is 0.761. The van der Waals surface area contributed by atoms with Gasteiger partial charge in [-0.2, -0.15) is 0 Å². The number of pyridine rings is 1. The van der Waals surface area contributed by atoms with Crippen LogP contribution < -0.4 is 5.32 Å². The lowest BCUT2D eigenvalue weighted by atomic mass is 10.1. The highest BCUT2D eigenvalue weighted by Gasteiger charge is 2.06. The van der Waals surface area contributed by atoms with Gasteiger partial charge in [-0.1, -0.05) is 12.1 Å². The predicted molar refractivity (Wildman–Crippen MR) is 89.0 cm³/mol. The number of nitrogens with one attached hydrogen (secondary N) is 2. The minimum Gasteiger partial charge on any atom is -0.352 e. The topological polar surface area (TPSA) is 70.7 Å². The van der Waals surface area contributed by atoms with Gasteiger partial charge in [0.25, 0.3) is 5.91 Å². The van der Waals surface area contributed by atoms with E-state index in [-0.39, 0.29) is 5.91 Å². The molecule has 0 bridgehead atoms. The Morgan fingerprint density at radius 3 is 2.74 bits per heavy atom. The molecule has 3 aromatic rings. The number of imidazole rings is 1. The SMILES string of the molecule is Cc1ccnc(-c2ccc(C(=O)NCCc3cnc[nH]3)cc2)c1. The van der Waals surface area contributed by atoms with Gasteiger partial charge in [0.15, 0.2) is 0 Å². The standard InChI is InChI=1S/C18H18N4O/c1-13-6-8-20-17(10-13)14-2-4-15(5-3-14)18(23)21-9-7-16-11-19-12-22-16/h2-6,8,10-12H,7,9H2,1H3,(H,19,22)(H,21,23). The average Bonchev–Trinajstić information content (AvgIpc) is 3.08. The van der Waals surface area contributed by atoms with Crippen molar-refractivity contribution in [2.45, 2.75) is 13.3 Å². The highest BCUT2D eigenvalue weighted by atomic mass is 16.1. The van der Waals surface area contributed by atoms with E-state index >= 15 is 0 Å². The molecule has 0 saturated carbocycles. The monoisotopic (exact) mass is 306 g/mol. The van der Waals surface area contributed by atoms with Crippen LogP contribution in [0, 0.1) is 6.92 Å². The third kappa shape index (κ3) is 3.83. The van der Waals surface area contributed by atoms with Crippen molar-refractivity contribution in [2.75, 3.05) is 6.54 Å². The molecule has 116 valence electrons. The molecule has 0 saturated heterocycles. The van der Waals surface area contributed by atoms with Crippen molar-refractivity contribution in [2.24, 2.45) is 0 Å². The van der Waals surface area contributed by atoms with Crippen LogP contribution in [0.2, 0.25) is 0 Å². The smallest absolute Gasteiger partial charge is 0.251 e. The molecular formula is C18H18N4O. The van der Waals surface area contributed by atoms with E-state index in [1.807, 2.05) is 43.3 Å². The summed E-state index contributed by atoms with van der Waals surface area (Å²) in [4.78, 5) is 23.4. The summed E-state index contributed by atoms with van der Waals surface area (Å²) in [5.74, 6) is -0.0757. The zero-order valence-corrected chi connectivity index (χ0v) is 12.9. The van der Waals surface area contributed by atoms with Crippen molar-refractivity contribution in [3.8, 4) is 11.3 Å². The van der Waals surface area contributed by atoms with Crippen LogP contribution in [0.15, 0.2) is 55.1 Å². The van der Waals surface area contributed by atoms with Gasteiger partial charge in [-0.25, -0.2) is 4.98 Å². The molecule has 0 fully saturated rings. The summed E-state index contributed by atoms with van der Waals surface area (Å²) in [6.45, 7) is 2.61. The maximum Gasteiger partial charge on any atom is 0.251 e. The number of nitrogens with zero attached hydrogens (tertiary/aromatic N) is 2. The molecular weight excluding hydrogens is 288 g/mol. The number of aromatic nitrogens is 3. The van der Waals surface area contributed by atoms with E-state index in [0.717, 1.165) is 28.9 Å². The maximum atomic E-state index is 12.1. The lowest BCUT2D eigenvalue weighted by molar-refractivity contribution is 0.0954.